The normalized spacial score (nSPS) is 18.1. The van der Waals surface area contributed by atoms with Crippen LogP contribution >= 0.6 is 0 Å². The van der Waals surface area contributed by atoms with Gasteiger partial charge in [0.1, 0.15) is 5.69 Å². The zero-order valence-electron chi connectivity index (χ0n) is 22.9. The number of para-hydroxylation sites is 1. The first-order valence-corrected chi connectivity index (χ1v) is 14.0. The van der Waals surface area contributed by atoms with Gasteiger partial charge in [0.15, 0.2) is 0 Å². The lowest BCUT2D eigenvalue weighted by Gasteiger charge is -2.41. The number of nitrogens with zero attached hydrogens (tertiary/aromatic N) is 4. The van der Waals surface area contributed by atoms with Gasteiger partial charge in [-0.15, -0.1) is 0 Å². The molecule has 1 aromatic carbocycles. The van der Waals surface area contributed by atoms with Gasteiger partial charge in [0, 0.05) is 67.4 Å². The molecule has 0 atom stereocenters. The number of carbonyl (C=O) groups is 2. The van der Waals surface area contributed by atoms with Crippen molar-refractivity contribution in [2.45, 2.75) is 76.8 Å². The summed E-state index contributed by atoms with van der Waals surface area (Å²) in [5.41, 5.74) is 3.52. The maximum Gasteiger partial charge on any atom is 0.274 e. The summed E-state index contributed by atoms with van der Waals surface area (Å²) in [6.07, 6.45) is 7.00. The SMILES string of the molecule is CC(C)(C)c1cc(C(=O)N2CCC(N3CCC(NC(=O)CCc4cnc5ccccc5c4)CC3)CC2)n[nH]1. The summed E-state index contributed by atoms with van der Waals surface area (Å²) in [5, 5.41) is 11.7. The van der Waals surface area contributed by atoms with E-state index in [-0.39, 0.29) is 23.3 Å². The number of likely N-dealkylation sites (tertiary alicyclic amines) is 2. The molecule has 0 unspecified atom stereocenters. The van der Waals surface area contributed by atoms with Crippen LogP contribution < -0.4 is 5.32 Å². The van der Waals surface area contributed by atoms with Crippen LogP contribution in [0.4, 0.5) is 0 Å². The number of fused-ring (bicyclic) bond motifs is 1. The highest BCUT2D eigenvalue weighted by Gasteiger charge is 2.31. The lowest BCUT2D eigenvalue weighted by Crippen LogP contribution is -2.51. The summed E-state index contributed by atoms with van der Waals surface area (Å²) in [6, 6.07) is 12.8. The number of aromatic nitrogens is 3. The van der Waals surface area contributed by atoms with Gasteiger partial charge >= 0.3 is 0 Å². The van der Waals surface area contributed by atoms with Crippen molar-refractivity contribution in [3.8, 4) is 0 Å². The minimum Gasteiger partial charge on any atom is -0.353 e. The standard InChI is InChI=1S/C30H40N6O2/c1-30(2,3)27-19-26(33-34-27)29(38)36-16-12-24(13-17-36)35-14-10-23(11-15-35)32-28(37)9-8-21-18-22-6-4-5-7-25(22)31-20-21/h4-7,18-20,23-24H,8-17H2,1-3H3,(H,32,37)(H,33,34). The highest BCUT2D eigenvalue weighted by atomic mass is 16.2. The van der Waals surface area contributed by atoms with Crippen LogP contribution in [0.15, 0.2) is 42.6 Å². The van der Waals surface area contributed by atoms with Gasteiger partial charge in [0.25, 0.3) is 5.91 Å². The van der Waals surface area contributed by atoms with Crippen LogP contribution in [0.5, 0.6) is 0 Å². The lowest BCUT2D eigenvalue weighted by molar-refractivity contribution is -0.122. The molecule has 2 saturated heterocycles. The minimum atomic E-state index is -0.0567. The molecule has 0 aliphatic carbocycles. The van der Waals surface area contributed by atoms with Crippen molar-refractivity contribution in [2.75, 3.05) is 26.2 Å². The number of carbonyl (C=O) groups excluding carboxylic acids is 2. The predicted octanol–water partition coefficient (Wildman–Crippen LogP) is 4.07. The number of rotatable bonds is 6. The number of aryl methyl sites for hydroxylation is 1. The Morgan fingerprint density at radius 3 is 2.47 bits per heavy atom. The third-order valence-electron chi connectivity index (χ3n) is 8.06. The molecule has 2 fully saturated rings. The molecule has 0 saturated carbocycles. The van der Waals surface area contributed by atoms with Gasteiger partial charge in [0.2, 0.25) is 5.91 Å². The highest BCUT2D eigenvalue weighted by molar-refractivity contribution is 5.92. The highest BCUT2D eigenvalue weighted by Crippen LogP contribution is 2.24. The molecule has 2 amide bonds. The Kier molecular flexibility index (Phi) is 7.79. The number of hydrogen-bond acceptors (Lipinski definition) is 5. The largest absolute Gasteiger partial charge is 0.353 e. The molecule has 4 heterocycles. The van der Waals surface area contributed by atoms with Crippen LogP contribution in [0, 0.1) is 0 Å². The molecule has 5 rings (SSSR count). The first kappa shape index (κ1) is 26.4. The molecule has 3 aromatic rings. The molecule has 2 aliphatic heterocycles. The van der Waals surface area contributed by atoms with Crippen LogP contribution in [0.25, 0.3) is 10.9 Å². The van der Waals surface area contributed by atoms with E-state index < -0.39 is 0 Å². The smallest absolute Gasteiger partial charge is 0.274 e. The molecule has 8 heteroatoms. The fourth-order valence-electron chi connectivity index (χ4n) is 5.63. The van der Waals surface area contributed by atoms with Crippen LogP contribution in [0.2, 0.25) is 0 Å². The van der Waals surface area contributed by atoms with E-state index in [0.717, 1.165) is 74.0 Å². The molecule has 8 nitrogen and oxygen atoms in total. The number of H-pyrrole nitrogens is 1. The summed E-state index contributed by atoms with van der Waals surface area (Å²) in [6.45, 7) is 9.85. The zero-order chi connectivity index (χ0) is 26.7. The fraction of sp³-hybridized carbons (Fsp3) is 0.533. The van der Waals surface area contributed by atoms with Gasteiger partial charge in [-0.1, -0.05) is 39.0 Å². The van der Waals surface area contributed by atoms with Crippen LogP contribution in [-0.2, 0) is 16.6 Å². The number of pyridine rings is 1. The van der Waals surface area contributed by atoms with Gasteiger partial charge in [-0.25, -0.2) is 0 Å². The van der Waals surface area contributed by atoms with Crippen molar-refractivity contribution >= 4 is 22.7 Å². The molecule has 0 radical (unpaired) electrons. The van der Waals surface area contributed by atoms with E-state index in [9.17, 15) is 9.59 Å². The molecule has 0 spiro atoms. The third-order valence-corrected chi connectivity index (χ3v) is 8.06. The second-order valence-corrected chi connectivity index (χ2v) is 11.9. The fourth-order valence-corrected chi connectivity index (χ4v) is 5.63. The van der Waals surface area contributed by atoms with E-state index in [1.54, 1.807) is 0 Å². The van der Waals surface area contributed by atoms with E-state index in [4.69, 9.17) is 0 Å². The Labute approximate surface area is 225 Å². The number of amides is 2. The average molecular weight is 517 g/mol. The number of piperidine rings is 2. The van der Waals surface area contributed by atoms with Crippen molar-refractivity contribution in [1.29, 1.82) is 0 Å². The molecule has 2 N–H and O–H groups in total. The second-order valence-electron chi connectivity index (χ2n) is 11.9. The third kappa shape index (κ3) is 6.23. The Bertz CT molecular complexity index is 1260. The molecule has 38 heavy (non-hydrogen) atoms. The van der Waals surface area contributed by atoms with E-state index in [0.29, 0.717) is 24.6 Å². The van der Waals surface area contributed by atoms with Gasteiger partial charge in [0.05, 0.1) is 5.52 Å². The van der Waals surface area contributed by atoms with Gasteiger partial charge in [-0.05, 0) is 55.9 Å². The average Bonchev–Trinajstić information content (AvgIpc) is 3.43. The summed E-state index contributed by atoms with van der Waals surface area (Å²) in [4.78, 5) is 34.6. The van der Waals surface area contributed by atoms with E-state index in [1.165, 1.54) is 0 Å². The lowest BCUT2D eigenvalue weighted by atomic mass is 9.92. The number of nitrogens with one attached hydrogen (secondary N) is 2. The molecule has 2 aliphatic rings. The monoisotopic (exact) mass is 516 g/mol. The zero-order valence-corrected chi connectivity index (χ0v) is 22.9. The van der Waals surface area contributed by atoms with Crippen LogP contribution in [0.1, 0.15) is 74.6 Å². The van der Waals surface area contributed by atoms with Crippen molar-refractivity contribution in [2.24, 2.45) is 0 Å². The van der Waals surface area contributed by atoms with Crippen molar-refractivity contribution in [3.63, 3.8) is 0 Å². The quantitative estimate of drug-likeness (QED) is 0.515. The Morgan fingerprint density at radius 2 is 1.76 bits per heavy atom. The summed E-state index contributed by atoms with van der Waals surface area (Å²) in [7, 11) is 0. The molecule has 202 valence electrons. The molecular weight excluding hydrogens is 476 g/mol. The van der Waals surface area contributed by atoms with E-state index in [1.807, 2.05) is 35.4 Å². The second kappa shape index (κ2) is 11.2. The van der Waals surface area contributed by atoms with Crippen LogP contribution in [0.3, 0.4) is 0 Å². The maximum atomic E-state index is 13.0. The first-order chi connectivity index (χ1) is 18.3. The van der Waals surface area contributed by atoms with E-state index in [2.05, 4.69) is 58.3 Å². The number of hydrogen-bond donors (Lipinski definition) is 2. The maximum absolute atomic E-state index is 13.0. The molecule has 0 bridgehead atoms. The van der Waals surface area contributed by atoms with Gasteiger partial charge in [-0.3, -0.25) is 19.7 Å². The Hall–Kier alpha value is -3.26. The van der Waals surface area contributed by atoms with Crippen molar-refractivity contribution in [3.05, 3.63) is 59.5 Å². The molecule has 2 aromatic heterocycles. The van der Waals surface area contributed by atoms with E-state index >= 15 is 0 Å². The van der Waals surface area contributed by atoms with Crippen molar-refractivity contribution in [1.82, 2.24) is 30.3 Å². The summed E-state index contributed by atoms with van der Waals surface area (Å²) < 4.78 is 0. The number of aromatic amines is 1. The first-order valence-electron chi connectivity index (χ1n) is 14.0. The van der Waals surface area contributed by atoms with Crippen LogP contribution in [-0.4, -0.2) is 75.1 Å². The Balaban J connectivity index is 1.03. The van der Waals surface area contributed by atoms with Gasteiger partial charge < -0.3 is 15.1 Å². The predicted molar refractivity (Wildman–Crippen MR) is 149 cm³/mol. The summed E-state index contributed by atoms with van der Waals surface area (Å²) in [5.74, 6) is 0.146. The number of benzene rings is 1. The molecular formula is C30H40N6O2. The minimum absolute atomic E-state index is 0.0242. The topological polar surface area (TPSA) is 94.2 Å². The van der Waals surface area contributed by atoms with Gasteiger partial charge in [-0.2, -0.15) is 5.10 Å². The summed E-state index contributed by atoms with van der Waals surface area (Å²) >= 11 is 0. The van der Waals surface area contributed by atoms with Crippen molar-refractivity contribution < 1.29 is 9.59 Å². The Morgan fingerprint density at radius 1 is 1.03 bits per heavy atom.